The van der Waals surface area contributed by atoms with Crippen LogP contribution < -0.4 is 4.74 Å². The van der Waals surface area contributed by atoms with E-state index in [0.717, 1.165) is 5.75 Å². The van der Waals surface area contributed by atoms with Crippen LogP contribution in [0, 0.1) is 6.92 Å². The minimum atomic E-state index is 0.216. The molecule has 1 aliphatic rings. The molecule has 1 aromatic carbocycles. The van der Waals surface area contributed by atoms with Crippen molar-refractivity contribution in [2.24, 2.45) is 0 Å². The minimum Gasteiger partial charge on any atom is -0.485 e. The van der Waals surface area contributed by atoms with Gasteiger partial charge in [0.25, 0.3) is 0 Å². The van der Waals surface area contributed by atoms with E-state index in [9.17, 15) is 0 Å². The van der Waals surface area contributed by atoms with Crippen molar-refractivity contribution in [2.45, 2.75) is 26.9 Å². The fourth-order valence-corrected chi connectivity index (χ4v) is 1.58. The third kappa shape index (κ3) is 1.35. The van der Waals surface area contributed by atoms with Gasteiger partial charge in [-0.15, -0.1) is 0 Å². The number of hydrogen-bond donors (Lipinski definition) is 0. The summed E-state index contributed by atoms with van der Waals surface area (Å²) in [6, 6.07) is 6.25. The molecule has 0 bridgehead atoms. The molecular formula is C12H14O. The molecule has 0 N–H and O–H groups in total. The number of fused-ring (bicyclic) bond motifs is 1. The van der Waals surface area contributed by atoms with E-state index in [4.69, 9.17) is 4.74 Å². The Labute approximate surface area is 79.0 Å². The van der Waals surface area contributed by atoms with Gasteiger partial charge >= 0.3 is 0 Å². The number of rotatable bonds is 0. The van der Waals surface area contributed by atoms with Crippen molar-refractivity contribution in [3.05, 3.63) is 34.9 Å². The molecule has 0 saturated heterocycles. The Hall–Kier alpha value is -1.24. The summed E-state index contributed by atoms with van der Waals surface area (Å²) in [5.41, 5.74) is 3.71. The molecule has 0 aliphatic carbocycles. The largest absolute Gasteiger partial charge is 0.485 e. The van der Waals surface area contributed by atoms with Gasteiger partial charge < -0.3 is 4.74 Å². The van der Waals surface area contributed by atoms with Crippen LogP contribution in [0.3, 0.4) is 0 Å². The summed E-state index contributed by atoms with van der Waals surface area (Å²) in [5, 5.41) is 0. The van der Waals surface area contributed by atoms with Gasteiger partial charge in [-0.2, -0.15) is 0 Å². The van der Waals surface area contributed by atoms with Crippen molar-refractivity contribution in [1.29, 1.82) is 0 Å². The highest BCUT2D eigenvalue weighted by Gasteiger charge is 2.16. The topological polar surface area (TPSA) is 9.23 Å². The van der Waals surface area contributed by atoms with Gasteiger partial charge in [-0.05, 0) is 38.0 Å². The number of ether oxygens (including phenoxy) is 1. The fraction of sp³-hybridized carbons (Fsp3) is 0.333. The number of aryl methyl sites for hydroxylation is 1. The lowest BCUT2D eigenvalue weighted by Gasteiger charge is -2.23. The standard InChI is InChI=1S/C12H14O/c1-8-5-4-6-11-7-9(2)10(3)13-12(8)11/h4-7,10H,1-3H3. The maximum Gasteiger partial charge on any atom is 0.130 e. The Balaban J connectivity index is 2.56. The Bertz CT molecular complexity index is 363. The van der Waals surface area contributed by atoms with Gasteiger partial charge in [0.1, 0.15) is 11.9 Å². The molecule has 0 aromatic heterocycles. The molecule has 0 fully saturated rings. The summed E-state index contributed by atoms with van der Waals surface area (Å²) in [6.07, 6.45) is 2.42. The summed E-state index contributed by atoms with van der Waals surface area (Å²) < 4.78 is 5.81. The average Bonchev–Trinajstić information content (AvgIpc) is 2.09. The molecule has 1 aromatic rings. The average molecular weight is 174 g/mol. The first kappa shape index (κ1) is 8.36. The zero-order chi connectivity index (χ0) is 9.42. The minimum absolute atomic E-state index is 0.216. The first-order valence-electron chi connectivity index (χ1n) is 4.63. The lowest BCUT2D eigenvalue weighted by Crippen LogP contribution is -2.17. The van der Waals surface area contributed by atoms with Crippen molar-refractivity contribution < 1.29 is 4.74 Å². The molecule has 1 heterocycles. The van der Waals surface area contributed by atoms with Crippen molar-refractivity contribution in [3.8, 4) is 5.75 Å². The van der Waals surface area contributed by atoms with E-state index in [-0.39, 0.29) is 6.10 Å². The zero-order valence-electron chi connectivity index (χ0n) is 8.29. The Morgan fingerprint density at radius 3 is 2.77 bits per heavy atom. The van der Waals surface area contributed by atoms with Crippen LogP contribution in [0.25, 0.3) is 6.08 Å². The van der Waals surface area contributed by atoms with Crippen molar-refractivity contribution in [2.75, 3.05) is 0 Å². The van der Waals surface area contributed by atoms with Gasteiger partial charge in [-0.1, -0.05) is 18.2 Å². The molecule has 1 atom stereocenters. The first-order valence-corrected chi connectivity index (χ1v) is 4.63. The fourth-order valence-electron chi connectivity index (χ4n) is 1.58. The molecule has 0 spiro atoms. The smallest absolute Gasteiger partial charge is 0.130 e. The molecule has 2 rings (SSSR count). The van der Waals surface area contributed by atoms with Crippen LogP contribution >= 0.6 is 0 Å². The molecule has 0 radical (unpaired) electrons. The monoisotopic (exact) mass is 174 g/mol. The summed E-state index contributed by atoms with van der Waals surface area (Å²) in [6.45, 7) is 6.28. The Morgan fingerprint density at radius 2 is 2.00 bits per heavy atom. The second-order valence-corrected chi connectivity index (χ2v) is 3.64. The quantitative estimate of drug-likeness (QED) is 0.587. The normalized spacial score (nSPS) is 20.2. The van der Waals surface area contributed by atoms with Crippen LogP contribution in [0.5, 0.6) is 5.75 Å². The second-order valence-electron chi connectivity index (χ2n) is 3.64. The molecule has 1 nitrogen and oxygen atoms in total. The van der Waals surface area contributed by atoms with Crippen LogP contribution in [0.15, 0.2) is 23.8 Å². The predicted molar refractivity (Wildman–Crippen MR) is 54.9 cm³/mol. The highest BCUT2D eigenvalue weighted by molar-refractivity contribution is 5.64. The van der Waals surface area contributed by atoms with E-state index in [0.29, 0.717) is 0 Å². The van der Waals surface area contributed by atoms with Crippen LogP contribution in [0.4, 0.5) is 0 Å². The molecule has 1 unspecified atom stereocenters. The van der Waals surface area contributed by atoms with Crippen LogP contribution in [-0.2, 0) is 0 Å². The van der Waals surface area contributed by atoms with Gasteiger partial charge in [-0.25, -0.2) is 0 Å². The van der Waals surface area contributed by atoms with E-state index in [1.54, 1.807) is 0 Å². The lowest BCUT2D eigenvalue weighted by molar-refractivity contribution is 0.252. The summed E-state index contributed by atoms with van der Waals surface area (Å²) in [4.78, 5) is 0. The molecule has 1 heteroatoms. The molecule has 68 valence electrons. The van der Waals surface area contributed by atoms with E-state index in [1.165, 1.54) is 16.7 Å². The Morgan fingerprint density at radius 1 is 1.23 bits per heavy atom. The van der Waals surface area contributed by atoms with Crippen LogP contribution in [0.1, 0.15) is 25.0 Å². The predicted octanol–water partition coefficient (Wildman–Crippen LogP) is 3.18. The summed E-state index contributed by atoms with van der Waals surface area (Å²) in [7, 11) is 0. The number of benzene rings is 1. The number of para-hydroxylation sites is 1. The van der Waals surface area contributed by atoms with Gasteiger partial charge in [-0.3, -0.25) is 0 Å². The second kappa shape index (κ2) is 2.91. The van der Waals surface area contributed by atoms with E-state index >= 15 is 0 Å². The van der Waals surface area contributed by atoms with Gasteiger partial charge in [0, 0.05) is 5.56 Å². The lowest BCUT2D eigenvalue weighted by atomic mass is 10.0. The molecular weight excluding hydrogens is 160 g/mol. The van der Waals surface area contributed by atoms with Gasteiger partial charge in [0.05, 0.1) is 0 Å². The SMILES string of the molecule is CC1=Cc2cccc(C)c2OC1C. The third-order valence-electron chi connectivity index (χ3n) is 2.56. The van der Waals surface area contributed by atoms with Crippen LogP contribution in [-0.4, -0.2) is 6.10 Å². The van der Waals surface area contributed by atoms with Crippen molar-refractivity contribution in [3.63, 3.8) is 0 Å². The zero-order valence-corrected chi connectivity index (χ0v) is 8.29. The molecule has 13 heavy (non-hydrogen) atoms. The maximum atomic E-state index is 5.81. The maximum absolute atomic E-state index is 5.81. The summed E-state index contributed by atoms with van der Waals surface area (Å²) in [5.74, 6) is 1.04. The van der Waals surface area contributed by atoms with Gasteiger partial charge in [0.2, 0.25) is 0 Å². The third-order valence-corrected chi connectivity index (χ3v) is 2.56. The highest BCUT2D eigenvalue weighted by Crippen LogP contribution is 2.31. The summed E-state index contributed by atoms with van der Waals surface area (Å²) >= 11 is 0. The van der Waals surface area contributed by atoms with E-state index in [2.05, 4.69) is 45.0 Å². The molecule has 0 amide bonds. The Kier molecular flexibility index (Phi) is 1.87. The number of hydrogen-bond acceptors (Lipinski definition) is 1. The van der Waals surface area contributed by atoms with Gasteiger partial charge in [0.15, 0.2) is 0 Å². The van der Waals surface area contributed by atoms with E-state index < -0.39 is 0 Å². The highest BCUT2D eigenvalue weighted by atomic mass is 16.5. The van der Waals surface area contributed by atoms with Crippen LogP contribution in [0.2, 0.25) is 0 Å². The van der Waals surface area contributed by atoms with Crippen molar-refractivity contribution >= 4 is 6.08 Å². The van der Waals surface area contributed by atoms with E-state index in [1.807, 2.05) is 0 Å². The molecule has 1 aliphatic heterocycles. The van der Waals surface area contributed by atoms with Crippen molar-refractivity contribution in [1.82, 2.24) is 0 Å². The first-order chi connectivity index (χ1) is 6.18. The molecule has 0 saturated carbocycles.